The molecule has 6 nitrogen and oxygen atoms in total. The van der Waals surface area contributed by atoms with Crippen molar-refractivity contribution in [2.45, 2.75) is 46.2 Å². The summed E-state index contributed by atoms with van der Waals surface area (Å²) < 4.78 is 1.84. The van der Waals surface area contributed by atoms with Gasteiger partial charge in [0.1, 0.15) is 12.7 Å². The molecule has 2 N–H and O–H groups in total. The number of hydrogen-bond acceptors (Lipinski definition) is 4. The molecule has 1 aromatic rings. The molecule has 1 fully saturated rings. The standard InChI is InChI=1S/C14H25N5O/c1-14(2,3)12(15)13(20)18-6-4-5-11(7-18)8-19-10-16-9-17-19/h9-12H,4-8,15H2,1-3H3/t11-,12-/m1/s1. The van der Waals surface area contributed by atoms with E-state index in [0.717, 1.165) is 32.5 Å². The lowest BCUT2D eigenvalue weighted by molar-refractivity contribution is -0.136. The Morgan fingerprint density at radius 2 is 2.25 bits per heavy atom. The lowest BCUT2D eigenvalue weighted by atomic mass is 9.86. The molecular formula is C14H25N5O. The Labute approximate surface area is 120 Å². The third kappa shape index (κ3) is 3.56. The highest BCUT2D eigenvalue weighted by Crippen LogP contribution is 2.23. The SMILES string of the molecule is CC(C)(C)[C@H](N)C(=O)N1CCC[C@@H](Cn2cncn2)C1. The molecule has 1 aromatic heterocycles. The van der Waals surface area contributed by atoms with Crippen molar-refractivity contribution in [3.63, 3.8) is 0 Å². The van der Waals surface area contributed by atoms with Crippen LogP contribution in [0.4, 0.5) is 0 Å². The number of aromatic nitrogens is 3. The first-order valence-corrected chi connectivity index (χ1v) is 7.24. The number of rotatable bonds is 3. The molecule has 0 aliphatic carbocycles. The van der Waals surface area contributed by atoms with Gasteiger partial charge in [0.15, 0.2) is 0 Å². The third-order valence-electron chi connectivity index (χ3n) is 3.94. The molecule has 2 heterocycles. The van der Waals surface area contributed by atoms with Gasteiger partial charge >= 0.3 is 0 Å². The second kappa shape index (κ2) is 5.91. The van der Waals surface area contributed by atoms with Crippen molar-refractivity contribution in [3.05, 3.63) is 12.7 Å². The molecular weight excluding hydrogens is 254 g/mol. The van der Waals surface area contributed by atoms with E-state index in [4.69, 9.17) is 5.73 Å². The number of nitrogens with zero attached hydrogens (tertiary/aromatic N) is 4. The number of likely N-dealkylation sites (tertiary alicyclic amines) is 1. The van der Waals surface area contributed by atoms with Crippen molar-refractivity contribution in [2.75, 3.05) is 13.1 Å². The van der Waals surface area contributed by atoms with Crippen LogP contribution in [-0.4, -0.2) is 44.7 Å². The van der Waals surface area contributed by atoms with Gasteiger partial charge in [-0.25, -0.2) is 4.98 Å². The largest absolute Gasteiger partial charge is 0.341 e. The minimum Gasteiger partial charge on any atom is -0.341 e. The van der Waals surface area contributed by atoms with E-state index in [1.807, 2.05) is 30.4 Å². The summed E-state index contributed by atoms with van der Waals surface area (Å²) in [4.78, 5) is 18.3. The van der Waals surface area contributed by atoms with Crippen LogP contribution in [0.1, 0.15) is 33.6 Å². The van der Waals surface area contributed by atoms with Crippen LogP contribution in [0.5, 0.6) is 0 Å². The Balaban J connectivity index is 1.94. The van der Waals surface area contributed by atoms with Crippen LogP contribution in [0.2, 0.25) is 0 Å². The molecule has 0 spiro atoms. The van der Waals surface area contributed by atoms with Crippen molar-refractivity contribution in [2.24, 2.45) is 17.1 Å². The number of nitrogens with two attached hydrogens (primary N) is 1. The zero-order valence-electron chi connectivity index (χ0n) is 12.6. The molecule has 0 radical (unpaired) electrons. The molecule has 1 amide bonds. The molecule has 0 bridgehead atoms. The van der Waals surface area contributed by atoms with Crippen LogP contribution in [0.3, 0.4) is 0 Å². The molecule has 1 aliphatic rings. The topological polar surface area (TPSA) is 77.0 Å². The maximum atomic E-state index is 12.5. The summed E-state index contributed by atoms with van der Waals surface area (Å²) in [5.41, 5.74) is 5.89. The first kappa shape index (κ1) is 15.0. The number of carbonyl (C=O) groups is 1. The second-order valence-corrected chi connectivity index (χ2v) is 6.75. The quantitative estimate of drug-likeness (QED) is 0.891. The van der Waals surface area contributed by atoms with Gasteiger partial charge in [0.05, 0.1) is 6.04 Å². The van der Waals surface area contributed by atoms with Gasteiger partial charge in [-0.05, 0) is 24.2 Å². The van der Waals surface area contributed by atoms with Crippen LogP contribution in [0.25, 0.3) is 0 Å². The van der Waals surface area contributed by atoms with Gasteiger partial charge < -0.3 is 10.6 Å². The molecule has 1 aliphatic heterocycles. The van der Waals surface area contributed by atoms with E-state index in [9.17, 15) is 4.79 Å². The first-order chi connectivity index (χ1) is 9.38. The highest BCUT2D eigenvalue weighted by atomic mass is 16.2. The summed E-state index contributed by atoms with van der Waals surface area (Å²) in [5, 5.41) is 4.13. The maximum absolute atomic E-state index is 12.5. The van der Waals surface area contributed by atoms with Crippen LogP contribution in [-0.2, 0) is 11.3 Å². The second-order valence-electron chi connectivity index (χ2n) is 6.75. The van der Waals surface area contributed by atoms with Crippen molar-refractivity contribution in [3.8, 4) is 0 Å². The summed E-state index contributed by atoms with van der Waals surface area (Å²) in [6, 6.07) is -0.437. The van der Waals surface area contributed by atoms with E-state index in [0.29, 0.717) is 5.92 Å². The minimum atomic E-state index is -0.437. The Morgan fingerprint density at radius 1 is 1.50 bits per heavy atom. The fraction of sp³-hybridized carbons (Fsp3) is 0.786. The van der Waals surface area contributed by atoms with Crippen LogP contribution < -0.4 is 5.73 Å². The Morgan fingerprint density at radius 3 is 2.85 bits per heavy atom. The Kier molecular flexibility index (Phi) is 4.42. The van der Waals surface area contributed by atoms with Crippen LogP contribution in [0.15, 0.2) is 12.7 Å². The van der Waals surface area contributed by atoms with Gasteiger partial charge in [0.25, 0.3) is 0 Å². The molecule has 6 heteroatoms. The lowest BCUT2D eigenvalue weighted by Crippen LogP contribution is -2.53. The smallest absolute Gasteiger partial charge is 0.240 e. The monoisotopic (exact) mass is 279 g/mol. The molecule has 0 saturated carbocycles. The summed E-state index contributed by atoms with van der Waals surface area (Å²) in [7, 11) is 0. The number of amides is 1. The van der Waals surface area contributed by atoms with Crippen LogP contribution in [0, 0.1) is 11.3 Å². The van der Waals surface area contributed by atoms with Crippen molar-refractivity contribution in [1.29, 1.82) is 0 Å². The predicted molar refractivity (Wildman–Crippen MR) is 76.8 cm³/mol. The van der Waals surface area contributed by atoms with Crippen LogP contribution >= 0.6 is 0 Å². The average Bonchev–Trinajstić information content (AvgIpc) is 2.89. The van der Waals surface area contributed by atoms with Gasteiger partial charge in [-0.2, -0.15) is 5.10 Å². The molecule has 0 aromatic carbocycles. The molecule has 20 heavy (non-hydrogen) atoms. The van der Waals surface area contributed by atoms with Gasteiger partial charge in [-0.3, -0.25) is 9.48 Å². The van der Waals surface area contributed by atoms with E-state index in [1.54, 1.807) is 12.7 Å². The highest BCUT2D eigenvalue weighted by Gasteiger charge is 2.33. The molecule has 2 atom stereocenters. The van der Waals surface area contributed by atoms with Gasteiger partial charge in [-0.1, -0.05) is 20.8 Å². The van der Waals surface area contributed by atoms with E-state index >= 15 is 0 Å². The maximum Gasteiger partial charge on any atom is 0.240 e. The summed E-state index contributed by atoms with van der Waals surface area (Å²) in [5.74, 6) is 0.502. The first-order valence-electron chi connectivity index (χ1n) is 7.24. The van der Waals surface area contributed by atoms with E-state index in [-0.39, 0.29) is 11.3 Å². The van der Waals surface area contributed by atoms with Gasteiger partial charge in [0.2, 0.25) is 5.91 Å². The normalized spacial score (nSPS) is 21.8. The molecule has 2 rings (SSSR count). The third-order valence-corrected chi connectivity index (χ3v) is 3.94. The molecule has 112 valence electrons. The zero-order valence-corrected chi connectivity index (χ0v) is 12.6. The minimum absolute atomic E-state index is 0.0702. The highest BCUT2D eigenvalue weighted by molar-refractivity contribution is 5.82. The Hall–Kier alpha value is -1.43. The van der Waals surface area contributed by atoms with Gasteiger partial charge in [-0.15, -0.1) is 0 Å². The van der Waals surface area contributed by atoms with E-state index in [2.05, 4.69) is 10.1 Å². The van der Waals surface area contributed by atoms with E-state index < -0.39 is 6.04 Å². The number of hydrogen-bond donors (Lipinski definition) is 1. The fourth-order valence-corrected chi connectivity index (χ4v) is 2.57. The van der Waals surface area contributed by atoms with E-state index in [1.165, 1.54) is 0 Å². The van der Waals surface area contributed by atoms with Gasteiger partial charge in [0, 0.05) is 19.6 Å². The summed E-state index contributed by atoms with van der Waals surface area (Å²) in [6.07, 6.45) is 5.42. The van der Waals surface area contributed by atoms with Crippen molar-refractivity contribution >= 4 is 5.91 Å². The molecule has 0 unspecified atom stereocenters. The summed E-state index contributed by atoms with van der Waals surface area (Å²) >= 11 is 0. The Bertz CT molecular complexity index is 437. The zero-order chi connectivity index (χ0) is 14.8. The number of carbonyl (C=O) groups excluding carboxylic acids is 1. The summed E-state index contributed by atoms with van der Waals surface area (Å²) in [6.45, 7) is 8.42. The lowest BCUT2D eigenvalue weighted by Gasteiger charge is -2.37. The van der Waals surface area contributed by atoms with Crippen molar-refractivity contribution < 1.29 is 4.79 Å². The number of piperidine rings is 1. The predicted octanol–water partition coefficient (Wildman–Crippen LogP) is 0.890. The van der Waals surface area contributed by atoms with Crippen molar-refractivity contribution in [1.82, 2.24) is 19.7 Å². The average molecular weight is 279 g/mol. The molecule has 1 saturated heterocycles. The fourth-order valence-electron chi connectivity index (χ4n) is 2.57.